The molecule has 2 aromatic rings. The summed E-state index contributed by atoms with van der Waals surface area (Å²) in [5, 5.41) is 5.85. The number of para-hydroxylation sites is 2. The number of imidazole rings is 1. The van der Waals surface area contributed by atoms with Crippen LogP contribution in [-0.4, -0.2) is 41.6 Å². The van der Waals surface area contributed by atoms with Crippen LogP contribution >= 0.6 is 0 Å². The first kappa shape index (κ1) is 19.9. The van der Waals surface area contributed by atoms with Gasteiger partial charge >= 0.3 is 0 Å². The van der Waals surface area contributed by atoms with Gasteiger partial charge in [-0.2, -0.15) is 0 Å². The Kier molecular flexibility index (Phi) is 7.15. The van der Waals surface area contributed by atoms with Crippen molar-refractivity contribution in [2.75, 3.05) is 20.3 Å². The van der Waals surface area contributed by atoms with Crippen LogP contribution in [0.15, 0.2) is 24.3 Å². The molecule has 142 valence electrons. The number of carbonyl (C=O) groups excluding carboxylic acids is 2. The standard InChI is InChI=1S/C19H28N4O3/c1-13(2)19(25)21-14(3)18-22-15-8-5-6-9-16(15)23(18)12-17(24)20-10-7-11-26-4/h5-6,8-9,13-14H,7,10-12H2,1-4H3,(H,20,24)(H,21,25). The van der Waals surface area contributed by atoms with E-state index < -0.39 is 0 Å². The molecular weight excluding hydrogens is 332 g/mol. The first-order valence-corrected chi connectivity index (χ1v) is 8.95. The lowest BCUT2D eigenvalue weighted by Crippen LogP contribution is -2.34. The second-order valence-electron chi connectivity index (χ2n) is 6.63. The SMILES string of the molecule is COCCCNC(=O)Cn1c(C(C)NC(=O)C(C)C)nc2ccccc21. The van der Waals surface area contributed by atoms with Crippen molar-refractivity contribution < 1.29 is 14.3 Å². The van der Waals surface area contributed by atoms with Crippen molar-refractivity contribution in [3.8, 4) is 0 Å². The molecule has 0 fully saturated rings. The third-order valence-electron chi connectivity index (χ3n) is 4.10. The van der Waals surface area contributed by atoms with Crippen LogP contribution in [0.3, 0.4) is 0 Å². The van der Waals surface area contributed by atoms with E-state index in [2.05, 4.69) is 15.6 Å². The summed E-state index contributed by atoms with van der Waals surface area (Å²) >= 11 is 0. The highest BCUT2D eigenvalue weighted by Crippen LogP contribution is 2.21. The minimum atomic E-state index is -0.293. The van der Waals surface area contributed by atoms with Crippen molar-refractivity contribution in [2.24, 2.45) is 5.92 Å². The first-order chi connectivity index (χ1) is 12.4. The molecule has 0 saturated carbocycles. The quantitative estimate of drug-likeness (QED) is 0.670. The topological polar surface area (TPSA) is 85.2 Å². The molecule has 2 N–H and O–H groups in total. The van der Waals surface area contributed by atoms with E-state index in [4.69, 9.17) is 4.74 Å². The molecule has 1 heterocycles. The average molecular weight is 360 g/mol. The van der Waals surface area contributed by atoms with Crippen LogP contribution in [0.25, 0.3) is 11.0 Å². The normalized spacial score (nSPS) is 12.3. The molecule has 0 aliphatic rings. The Morgan fingerprint density at radius 1 is 1.23 bits per heavy atom. The summed E-state index contributed by atoms with van der Waals surface area (Å²) in [4.78, 5) is 29.0. The van der Waals surface area contributed by atoms with E-state index in [9.17, 15) is 9.59 Å². The van der Waals surface area contributed by atoms with Crippen molar-refractivity contribution >= 4 is 22.8 Å². The fourth-order valence-corrected chi connectivity index (χ4v) is 2.68. The Balaban J connectivity index is 2.20. The lowest BCUT2D eigenvalue weighted by Gasteiger charge is -2.17. The molecule has 0 bridgehead atoms. The summed E-state index contributed by atoms with van der Waals surface area (Å²) in [6.07, 6.45) is 0.765. The number of carbonyl (C=O) groups is 2. The van der Waals surface area contributed by atoms with Crippen LogP contribution < -0.4 is 10.6 Å². The maximum absolute atomic E-state index is 12.3. The summed E-state index contributed by atoms with van der Waals surface area (Å²) in [5.41, 5.74) is 1.68. The summed E-state index contributed by atoms with van der Waals surface area (Å²) < 4.78 is 6.85. The van der Waals surface area contributed by atoms with Gasteiger partial charge in [-0.05, 0) is 25.5 Å². The number of rotatable bonds is 9. The number of amides is 2. The highest BCUT2D eigenvalue weighted by Gasteiger charge is 2.20. The maximum Gasteiger partial charge on any atom is 0.240 e. The fraction of sp³-hybridized carbons (Fsp3) is 0.526. The Labute approximate surface area is 154 Å². The Morgan fingerprint density at radius 2 is 1.96 bits per heavy atom. The third-order valence-corrected chi connectivity index (χ3v) is 4.10. The van der Waals surface area contributed by atoms with E-state index in [0.717, 1.165) is 17.5 Å². The lowest BCUT2D eigenvalue weighted by atomic mass is 10.2. The zero-order valence-electron chi connectivity index (χ0n) is 15.9. The van der Waals surface area contributed by atoms with Crippen LogP contribution in [0.5, 0.6) is 0 Å². The maximum atomic E-state index is 12.3. The smallest absolute Gasteiger partial charge is 0.240 e. The Morgan fingerprint density at radius 3 is 2.65 bits per heavy atom. The molecule has 1 aromatic heterocycles. The van der Waals surface area contributed by atoms with Crippen molar-refractivity contribution in [2.45, 2.75) is 39.8 Å². The highest BCUT2D eigenvalue weighted by molar-refractivity contribution is 5.82. The molecule has 7 heteroatoms. The third kappa shape index (κ3) is 5.05. The number of aromatic nitrogens is 2. The number of fused-ring (bicyclic) bond motifs is 1. The monoisotopic (exact) mass is 360 g/mol. The number of ether oxygens (including phenoxy) is 1. The largest absolute Gasteiger partial charge is 0.385 e. The van der Waals surface area contributed by atoms with Crippen LogP contribution in [0.4, 0.5) is 0 Å². The molecule has 1 aromatic carbocycles. The van der Waals surface area contributed by atoms with Crippen LogP contribution in [0.1, 0.15) is 39.1 Å². The highest BCUT2D eigenvalue weighted by atomic mass is 16.5. The van der Waals surface area contributed by atoms with Crippen molar-refractivity contribution in [1.82, 2.24) is 20.2 Å². The van der Waals surface area contributed by atoms with Gasteiger partial charge in [0.2, 0.25) is 11.8 Å². The molecule has 2 rings (SSSR count). The fourth-order valence-electron chi connectivity index (χ4n) is 2.68. The Bertz CT molecular complexity index is 754. The number of nitrogens with zero attached hydrogens (tertiary/aromatic N) is 2. The van der Waals surface area contributed by atoms with Gasteiger partial charge in [0.15, 0.2) is 0 Å². The van der Waals surface area contributed by atoms with Crippen molar-refractivity contribution in [3.63, 3.8) is 0 Å². The molecule has 0 aliphatic carbocycles. The summed E-state index contributed by atoms with van der Waals surface area (Å²) in [6.45, 7) is 6.91. The molecule has 0 radical (unpaired) electrons. The summed E-state index contributed by atoms with van der Waals surface area (Å²) in [7, 11) is 1.64. The van der Waals surface area contributed by atoms with Gasteiger partial charge in [0.1, 0.15) is 12.4 Å². The predicted octanol–water partition coefficient (Wildman–Crippen LogP) is 2.02. The van der Waals surface area contributed by atoms with Crippen molar-refractivity contribution in [1.29, 1.82) is 0 Å². The molecular formula is C19H28N4O3. The predicted molar refractivity (Wildman–Crippen MR) is 101 cm³/mol. The minimum Gasteiger partial charge on any atom is -0.385 e. The van der Waals surface area contributed by atoms with Gasteiger partial charge in [-0.15, -0.1) is 0 Å². The number of benzene rings is 1. The molecule has 0 spiro atoms. The summed E-state index contributed by atoms with van der Waals surface area (Å²) in [5.74, 6) is 0.430. The van der Waals surface area contributed by atoms with Gasteiger partial charge in [0, 0.05) is 26.2 Å². The van der Waals surface area contributed by atoms with E-state index in [1.54, 1.807) is 7.11 Å². The van der Waals surface area contributed by atoms with Gasteiger partial charge in [-0.3, -0.25) is 9.59 Å². The molecule has 1 unspecified atom stereocenters. The zero-order chi connectivity index (χ0) is 19.1. The van der Waals surface area contributed by atoms with Gasteiger partial charge < -0.3 is 19.9 Å². The van der Waals surface area contributed by atoms with E-state index in [0.29, 0.717) is 19.0 Å². The number of hydrogen-bond donors (Lipinski definition) is 2. The zero-order valence-corrected chi connectivity index (χ0v) is 15.9. The van der Waals surface area contributed by atoms with Crippen molar-refractivity contribution in [3.05, 3.63) is 30.1 Å². The van der Waals surface area contributed by atoms with Gasteiger partial charge in [0.25, 0.3) is 0 Å². The second kappa shape index (κ2) is 9.33. The summed E-state index contributed by atoms with van der Waals surface area (Å²) in [6, 6.07) is 7.37. The van der Waals surface area contributed by atoms with Gasteiger partial charge in [-0.1, -0.05) is 26.0 Å². The molecule has 26 heavy (non-hydrogen) atoms. The van der Waals surface area contributed by atoms with Gasteiger partial charge in [-0.25, -0.2) is 4.98 Å². The van der Waals surface area contributed by atoms with Gasteiger partial charge in [0.05, 0.1) is 17.1 Å². The molecule has 7 nitrogen and oxygen atoms in total. The Hall–Kier alpha value is -2.41. The van der Waals surface area contributed by atoms with Crippen LogP contribution in [0.2, 0.25) is 0 Å². The van der Waals surface area contributed by atoms with E-state index in [1.807, 2.05) is 49.6 Å². The average Bonchev–Trinajstić information content (AvgIpc) is 2.97. The molecule has 2 amide bonds. The first-order valence-electron chi connectivity index (χ1n) is 8.95. The van der Waals surface area contributed by atoms with Crippen LogP contribution in [-0.2, 0) is 20.9 Å². The number of methoxy groups -OCH3 is 1. The molecule has 1 atom stereocenters. The molecule has 0 aliphatic heterocycles. The second-order valence-corrected chi connectivity index (χ2v) is 6.63. The van der Waals surface area contributed by atoms with E-state index in [1.165, 1.54) is 0 Å². The van der Waals surface area contributed by atoms with E-state index >= 15 is 0 Å². The van der Waals surface area contributed by atoms with E-state index in [-0.39, 0.29) is 30.3 Å². The number of hydrogen-bond acceptors (Lipinski definition) is 4. The lowest BCUT2D eigenvalue weighted by molar-refractivity contribution is -0.124. The minimum absolute atomic E-state index is 0.0416. The van der Waals surface area contributed by atoms with Crippen LogP contribution in [0, 0.1) is 5.92 Å². The molecule has 0 saturated heterocycles. The number of nitrogens with one attached hydrogen (secondary N) is 2.